The smallest absolute Gasteiger partial charge is 0.0991 e. The van der Waals surface area contributed by atoms with Gasteiger partial charge in [0.05, 0.1) is 80.7 Å². The second kappa shape index (κ2) is 13.0. The molecule has 0 radical (unpaired) electrons. The number of hydrogen-bond donors (Lipinski definition) is 0. The van der Waals surface area contributed by atoms with Crippen molar-refractivity contribution in [3.05, 3.63) is 187 Å². The highest BCUT2D eigenvalue weighted by Crippen LogP contribution is 2.43. The van der Waals surface area contributed by atoms with Gasteiger partial charge in [-0.3, -0.25) is 4.98 Å². The van der Waals surface area contributed by atoms with Crippen LogP contribution in [0.4, 0.5) is 0 Å². The van der Waals surface area contributed by atoms with Crippen molar-refractivity contribution in [1.82, 2.24) is 14.1 Å². The Bertz CT molecular complexity index is 3170. The SMILES string of the molecule is N#Cc1cccc(-c2ccc3c(c2)c2ccccc2n3-c2cncc(-n3c4ccccc4c4cc(-c5cccc(C#N)c5)ccc43)c2-c2cccc(C#N)c2)c1. The lowest BCUT2D eigenvalue weighted by Crippen LogP contribution is -2.05. The summed E-state index contributed by atoms with van der Waals surface area (Å²) >= 11 is 0. The van der Waals surface area contributed by atoms with Gasteiger partial charge in [-0.15, -0.1) is 0 Å². The van der Waals surface area contributed by atoms with Crippen LogP contribution in [0.1, 0.15) is 16.7 Å². The molecule has 0 saturated heterocycles. The van der Waals surface area contributed by atoms with Gasteiger partial charge in [0.1, 0.15) is 0 Å². The largest absolute Gasteiger partial charge is 0.307 e. The van der Waals surface area contributed by atoms with Crippen molar-refractivity contribution in [3.8, 4) is 63.0 Å². The van der Waals surface area contributed by atoms with Gasteiger partial charge in [-0.25, -0.2) is 0 Å². The van der Waals surface area contributed by atoms with Crippen LogP contribution in [0.15, 0.2) is 170 Å². The van der Waals surface area contributed by atoms with E-state index in [0.717, 1.165) is 88.4 Å². The van der Waals surface area contributed by atoms with E-state index in [1.807, 2.05) is 79.1 Å². The second-order valence-corrected chi connectivity index (χ2v) is 13.8. The van der Waals surface area contributed by atoms with Gasteiger partial charge in [0.2, 0.25) is 0 Å². The summed E-state index contributed by atoms with van der Waals surface area (Å²) in [5, 5.41) is 33.6. The zero-order chi connectivity index (χ0) is 37.8. The molecule has 10 rings (SSSR count). The van der Waals surface area contributed by atoms with Crippen LogP contribution in [0.2, 0.25) is 0 Å². The molecular weight excluding hydrogens is 685 g/mol. The molecule has 0 bridgehead atoms. The fourth-order valence-corrected chi connectivity index (χ4v) is 8.18. The number of nitrogens with zero attached hydrogens (tertiary/aromatic N) is 6. The molecule has 0 aliphatic heterocycles. The van der Waals surface area contributed by atoms with Gasteiger partial charge >= 0.3 is 0 Å². The van der Waals surface area contributed by atoms with Gasteiger partial charge in [-0.1, -0.05) is 84.9 Å². The highest BCUT2D eigenvalue weighted by atomic mass is 15.0. The fourth-order valence-electron chi connectivity index (χ4n) is 8.18. The molecule has 0 aliphatic carbocycles. The van der Waals surface area contributed by atoms with E-state index >= 15 is 0 Å². The normalized spacial score (nSPS) is 11.2. The van der Waals surface area contributed by atoms with Gasteiger partial charge in [0, 0.05) is 27.1 Å². The molecule has 10 aromatic rings. The van der Waals surface area contributed by atoms with E-state index in [4.69, 9.17) is 4.98 Å². The molecule has 0 spiro atoms. The summed E-state index contributed by atoms with van der Waals surface area (Å²) in [7, 11) is 0. The Morgan fingerprint density at radius 2 is 0.750 bits per heavy atom. The molecule has 6 nitrogen and oxygen atoms in total. The predicted molar refractivity (Wildman–Crippen MR) is 223 cm³/mol. The number of hydrogen-bond acceptors (Lipinski definition) is 4. The van der Waals surface area contributed by atoms with Crippen molar-refractivity contribution in [3.63, 3.8) is 0 Å². The Morgan fingerprint density at radius 1 is 0.357 bits per heavy atom. The summed E-state index contributed by atoms with van der Waals surface area (Å²) in [6.07, 6.45) is 3.84. The monoisotopic (exact) mass is 712 g/mol. The summed E-state index contributed by atoms with van der Waals surface area (Å²) in [6, 6.07) is 59.8. The lowest BCUT2D eigenvalue weighted by Gasteiger charge is -2.19. The predicted octanol–water partition coefficient (Wildman–Crippen LogP) is 11.9. The van der Waals surface area contributed by atoms with Crippen LogP contribution >= 0.6 is 0 Å². The molecule has 3 aromatic heterocycles. The van der Waals surface area contributed by atoms with Crippen molar-refractivity contribution in [2.24, 2.45) is 0 Å². The maximum Gasteiger partial charge on any atom is 0.0991 e. The number of aromatic nitrogens is 3. The maximum atomic E-state index is 10.1. The molecule has 0 fully saturated rings. The van der Waals surface area contributed by atoms with E-state index < -0.39 is 0 Å². The average Bonchev–Trinajstić information content (AvgIpc) is 3.78. The third-order valence-corrected chi connectivity index (χ3v) is 10.7. The number of nitriles is 3. The molecule has 0 saturated carbocycles. The third kappa shape index (κ3) is 5.12. The van der Waals surface area contributed by atoms with Crippen LogP contribution in [-0.2, 0) is 0 Å². The molecule has 0 aliphatic rings. The van der Waals surface area contributed by atoms with Gasteiger partial charge < -0.3 is 9.13 Å². The fraction of sp³-hybridized carbons (Fsp3) is 0. The zero-order valence-electron chi connectivity index (χ0n) is 29.8. The summed E-state index contributed by atoms with van der Waals surface area (Å²) in [5.74, 6) is 0. The van der Waals surface area contributed by atoms with E-state index in [1.54, 1.807) is 0 Å². The average molecular weight is 713 g/mol. The van der Waals surface area contributed by atoms with Crippen LogP contribution in [-0.4, -0.2) is 14.1 Å². The van der Waals surface area contributed by atoms with Gasteiger partial charge in [-0.05, 0) is 101 Å². The number of rotatable bonds is 5. The molecule has 0 N–H and O–H groups in total. The minimum absolute atomic E-state index is 0.564. The van der Waals surface area contributed by atoms with E-state index in [-0.39, 0.29) is 0 Å². The second-order valence-electron chi connectivity index (χ2n) is 13.8. The third-order valence-electron chi connectivity index (χ3n) is 10.7. The van der Waals surface area contributed by atoms with Gasteiger partial charge in [-0.2, -0.15) is 15.8 Å². The summed E-state index contributed by atoms with van der Waals surface area (Å²) in [4.78, 5) is 4.95. The first kappa shape index (κ1) is 32.4. The Balaban J connectivity index is 1.27. The number of pyridine rings is 1. The van der Waals surface area contributed by atoms with E-state index in [1.165, 1.54) is 0 Å². The summed E-state index contributed by atoms with van der Waals surface area (Å²) < 4.78 is 4.55. The van der Waals surface area contributed by atoms with E-state index in [9.17, 15) is 15.8 Å². The quantitative estimate of drug-likeness (QED) is 0.177. The molecule has 6 heteroatoms. The van der Waals surface area contributed by atoms with Crippen LogP contribution in [0, 0.1) is 34.0 Å². The van der Waals surface area contributed by atoms with Crippen LogP contribution in [0.3, 0.4) is 0 Å². The van der Waals surface area contributed by atoms with Crippen molar-refractivity contribution in [2.75, 3.05) is 0 Å². The van der Waals surface area contributed by atoms with E-state index in [2.05, 4.69) is 118 Å². The molecular formula is C50H28N6. The Hall–Kier alpha value is -8.24. The van der Waals surface area contributed by atoms with Crippen molar-refractivity contribution < 1.29 is 0 Å². The molecule has 258 valence electrons. The molecule has 56 heavy (non-hydrogen) atoms. The molecule has 7 aromatic carbocycles. The standard InChI is InChI=1S/C50H28N6/c51-27-32-8-5-11-35(22-32)37-18-20-46-42(25-37)40-14-1-3-16-44(40)55(46)48-30-54-31-49(50(48)39-13-7-10-34(24-39)29-53)56-45-17-4-2-15-41(45)43-26-38(19-21-47(43)56)36-12-6-9-33(23-36)28-52/h1-26,30-31H. The lowest BCUT2D eigenvalue weighted by molar-refractivity contribution is 1.09. The van der Waals surface area contributed by atoms with Crippen molar-refractivity contribution in [1.29, 1.82) is 15.8 Å². The molecule has 0 atom stereocenters. The molecule has 3 heterocycles. The van der Waals surface area contributed by atoms with Crippen LogP contribution < -0.4 is 0 Å². The lowest BCUT2D eigenvalue weighted by atomic mass is 10.00. The van der Waals surface area contributed by atoms with Crippen LogP contribution in [0.5, 0.6) is 0 Å². The van der Waals surface area contributed by atoms with E-state index in [0.29, 0.717) is 16.7 Å². The first-order chi connectivity index (χ1) is 27.6. The minimum atomic E-state index is 0.564. The first-order valence-corrected chi connectivity index (χ1v) is 18.2. The molecule has 0 amide bonds. The Labute approximate surface area is 322 Å². The summed E-state index contributed by atoms with van der Waals surface area (Å²) in [5.41, 5.74) is 13.4. The van der Waals surface area contributed by atoms with Crippen molar-refractivity contribution >= 4 is 43.6 Å². The molecule has 0 unspecified atom stereocenters. The maximum absolute atomic E-state index is 10.1. The first-order valence-electron chi connectivity index (χ1n) is 18.2. The summed E-state index contributed by atoms with van der Waals surface area (Å²) in [6.45, 7) is 0. The van der Waals surface area contributed by atoms with Crippen molar-refractivity contribution in [2.45, 2.75) is 0 Å². The number of fused-ring (bicyclic) bond motifs is 6. The Kier molecular flexibility index (Phi) is 7.53. The highest BCUT2D eigenvalue weighted by molar-refractivity contribution is 6.13. The Morgan fingerprint density at radius 3 is 1.21 bits per heavy atom. The van der Waals surface area contributed by atoms with Crippen LogP contribution in [0.25, 0.3) is 88.4 Å². The zero-order valence-corrected chi connectivity index (χ0v) is 29.8. The van der Waals surface area contributed by atoms with Gasteiger partial charge in [0.25, 0.3) is 0 Å². The number of benzene rings is 7. The number of para-hydroxylation sites is 2. The van der Waals surface area contributed by atoms with Gasteiger partial charge in [0.15, 0.2) is 0 Å². The minimum Gasteiger partial charge on any atom is -0.307 e. The highest BCUT2D eigenvalue weighted by Gasteiger charge is 2.23. The topological polar surface area (TPSA) is 94.1 Å².